The highest BCUT2D eigenvalue weighted by Crippen LogP contribution is 2.17. The second kappa shape index (κ2) is 3.49. The van der Waals surface area contributed by atoms with Gasteiger partial charge in [0.25, 0.3) is 6.54 Å². The first-order chi connectivity index (χ1) is 5.24. The molecule has 0 N–H and O–H groups in total. The second-order valence-corrected chi connectivity index (χ2v) is 3.58. The third kappa shape index (κ3) is 2.02. The summed E-state index contributed by atoms with van der Waals surface area (Å²) in [4.78, 5) is 7.58. The molecule has 1 heterocycles. The SMILES string of the molecule is [C-]#[N+]Cc1nc(C(C)C)cs1. The fourth-order valence-corrected chi connectivity index (χ4v) is 1.61. The van der Waals surface area contributed by atoms with Crippen LogP contribution in [0, 0.1) is 6.57 Å². The Balaban J connectivity index is 2.75. The van der Waals surface area contributed by atoms with Crippen LogP contribution >= 0.6 is 11.3 Å². The van der Waals surface area contributed by atoms with Crippen molar-refractivity contribution in [2.75, 3.05) is 0 Å². The smallest absolute Gasteiger partial charge is 0.265 e. The van der Waals surface area contributed by atoms with Gasteiger partial charge in [0.05, 0.1) is 5.69 Å². The number of hydrogen-bond donors (Lipinski definition) is 0. The lowest BCUT2D eigenvalue weighted by Crippen LogP contribution is -1.87. The minimum absolute atomic E-state index is 0.428. The van der Waals surface area contributed by atoms with Crippen LogP contribution in [-0.2, 0) is 6.54 Å². The molecule has 11 heavy (non-hydrogen) atoms. The van der Waals surface area contributed by atoms with Crippen molar-refractivity contribution in [1.29, 1.82) is 0 Å². The van der Waals surface area contributed by atoms with Crippen LogP contribution in [0.1, 0.15) is 30.5 Å². The molecule has 2 nitrogen and oxygen atoms in total. The van der Waals surface area contributed by atoms with Gasteiger partial charge in [0.1, 0.15) is 0 Å². The molecule has 0 fully saturated rings. The highest BCUT2D eigenvalue weighted by atomic mass is 32.1. The third-order valence-electron chi connectivity index (χ3n) is 1.38. The van der Waals surface area contributed by atoms with Gasteiger partial charge in [-0.3, -0.25) is 0 Å². The minimum Gasteiger partial charge on any atom is -0.309 e. The Morgan fingerprint density at radius 1 is 1.73 bits per heavy atom. The van der Waals surface area contributed by atoms with Crippen molar-refractivity contribution < 1.29 is 0 Å². The van der Waals surface area contributed by atoms with Gasteiger partial charge in [0.15, 0.2) is 5.01 Å². The number of thiazole rings is 1. The number of hydrogen-bond acceptors (Lipinski definition) is 2. The average Bonchev–Trinajstić information content (AvgIpc) is 2.37. The predicted molar refractivity (Wildman–Crippen MR) is 46.5 cm³/mol. The maximum absolute atomic E-state index is 6.65. The Hall–Kier alpha value is -0.880. The lowest BCUT2D eigenvalue weighted by atomic mass is 10.2. The van der Waals surface area contributed by atoms with E-state index in [0.717, 1.165) is 10.7 Å². The molecule has 0 bridgehead atoms. The van der Waals surface area contributed by atoms with Gasteiger partial charge in [-0.25, -0.2) is 11.6 Å². The molecule has 0 saturated carbocycles. The van der Waals surface area contributed by atoms with Crippen molar-refractivity contribution in [1.82, 2.24) is 4.98 Å². The van der Waals surface area contributed by atoms with Crippen LogP contribution in [-0.4, -0.2) is 4.98 Å². The summed E-state index contributed by atoms with van der Waals surface area (Å²) in [6, 6.07) is 0. The van der Waals surface area contributed by atoms with Gasteiger partial charge in [-0.2, -0.15) is 0 Å². The van der Waals surface area contributed by atoms with Crippen molar-refractivity contribution in [2.45, 2.75) is 26.3 Å². The summed E-state index contributed by atoms with van der Waals surface area (Å²) in [6.45, 7) is 11.3. The molecule has 0 spiro atoms. The maximum atomic E-state index is 6.65. The normalized spacial score (nSPS) is 10.0. The molecular formula is C8H10N2S. The van der Waals surface area contributed by atoms with E-state index in [-0.39, 0.29) is 0 Å². The first kappa shape index (κ1) is 8.22. The molecule has 3 heteroatoms. The van der Waals surface area contributed by atoms with E-state index in [9.17, 15) is 0 Å². The predicted octanol–water partition coefficient (Wildman–Crippen LogP) is 2.69. The highest BCUT2D eigenvalue weighted by Gasteiger charge is 2.05. The third-order valence-corrected chi connectivity index (χ3v) is 2.23. The van der Waals surface area contributed by atoms with E-state index < -0.39 is 0 Å². The highest BCUT2D eigenvalue weighted by molar-refractivity contribution is 7.09. The van der Waals surface area contributed by atoms with Crippen molar-refractivity contribution in [3.05, 3.63) is 27.5 Å². The fraction of sp³-hybridized carbons (Fsp3) is 0.500. The summed E-state index contributed by atoms with van der Waals surface area (Å²) in [7, 11) is 0. The van der Waals surface area contributed by atoms with E-state index >= 15 is 0 Å². The molecule has 0 saturated heterocycles. The molecule has 0 radical (unpaired) electrons. The zero-order valence-corrected chi connectivity index (χ0v) is 7.48. The Bertz CT molecular complexity index is 270. The molecule has 58 valence electrons. The van der Waals surface area contributed by atoms with Gasteiger partial charge < -0.3 is 4.85 Å². The molecule has 1 aromatic rings. The first-order valence-electron chi connectivity index (χ1n) is 3.51. The number of aromatic nitrogens is 1. The van der Waals surface area contributed by atoms with Crippen LogP contribution < -0.4 is 0 Å². The summed E-state index contributed by atoms with van der Waals surface area (Å²) in [6.07, 6.45) is 0. The molecule has 0 amide bonds. The van der Waals surface area contributed by atoms with Crippen molar-refractivity contribution in [2.24, 2.45) is 0 Å². The van der Waals surface area contributed by atoms with Gasteiger partial charge in [0.2, 0.25) is 0 Å². The lowest BCUT2D eigenvalue weighted by molar-refractivity contribution is 0.826. The maximum Gasteiger partial charge on any atom is 0.265 e. The van der Waals surface area contributed by atoms with E-state index in [2.05, 4.69) is 23.7 Å². The quantitative estimate of drug-likeness (QED) is 0.617. The van der Waals surface area contributed by atoms with Crippen LogP contribution in [0.4, 0.5) is 0 Å². The fourth-order valence-electron chi connectivity index (χ4n) is 0.731. The Labute approximate surface area is 70.7 Å². The summed E-state index contributed by atoms with van der Waals surface area (Å²) >= 11 is 1.58. The summed E-state index contributed by atoms with van der Waals surface area (Å²) < 4.78 is 0. The Morgan fingerprint density at radius 2 is 2.45 bits per heavy atom. The van der Waals surface area contributed by atoms with Crippen LogP contribution in [0.15, 0.2) is 5.38 Å². The summed E-state index contributed by atoms with van der Waals surface area (Å²) in [5, 5.41) is 2.97. The van der Waals surface area contributed by atoms with Crippen molar-refractivity contribution in [3.8, 4) is 0 Å². The van der Waals surface area contributed by atoms with Crippen LogP contribution in [0.2, 0.25) is 0 Å². The van der Waals surface area contributed by atoms with E-state index in [4.69, 9.17) is 6.57 Å². The second-order valence-electron chi connectivity index (χ2n) is 2.64. The number of nitrogens with zero attached hydrogens (tertiary/aromatic N) is 2. The molecule has 0 aliphatic heterocycles. The number of rotatable bonds is 2. The van der Waals surface area contributed by atoms with Crippen molar-refractivity contribution in [3.63, 3.8) is 0 Å². The van der Waals surface area contributed by atoms with E-state index in [1.54, 1.807) is 11.3 Å². The Kier molecular flexibility index (Phi) is 2.61. The van der Waals surface area contributed by atoms with E-state index in [1.807, 2.05) is 5.38 Å². The monoisotopic (exact) mass is 166 g/mol. The standard InChI is InChI=1S/C8H10N2S/c1-6(2)7-5-11-8(10-7)4-9-3/h5-6H,4H2,1-2H3. The van der Waals surface area contributed by atoms with Gasteiger partial charge >= 0.3 is 0 Å². The van der Waals surface area contributed by atoms with Crippen LogP contribution in [0.25, 0.3) is 4.85 Å². The topological polar surface area (TPSA) is 17.2 Å². The lowest BCUT2D eigenvalue weighted by Gasteiger charge is -1.95. The van der Waals surface area contributed by atoms with Gasteiger partial charge in [0, 0.05) is 5.38 Å². The van der Waals surface area contributed by atoms with Crippen molar-refractivity contribution >= 4 is 11.3 Å². The molecule has 0 aliphatic carbocycles. The van der Waals surface area contributed by atoms with E-state index in [1.165, 1.54) is 0 Å². The van der Waals surface area contributed by atoms with Gasteiger partial charge in [-0.05, 0) is 5.92 Å². The average molecular weight is 166 g/mol. The molecule has 0 aromatic carbocycles. The molecule has 0 unspecified atom stereocenters. The zero-order valence-electron chi connectivity index (χ0n) is 6.66. The molecular weight excluding hydrogens is 156 g/mol. The van der Waals surface area contributed by atoms with Gasteiger partial charge in [-0.15, -0.1) is 11.3 Å². The minimum atomic E-state index is 0.428. The van der Waals surface area contributed by atoms with Crippen LogP contribution in [0.3, 0.4) is 0 Å². The van der Waals surface area contributed by atoms with Crippen LogP contribution in [0.5, 0.6) is 0 Å². The summed E-state index contributed by atoms with van der Waals surface area (Å²) in [5.41, 5.74) is 1.11. The largest absolute Gasteiger partial charge is 0.309 e. The molecule has 0 atom stereocenters. The Morgan fingerprint density at radius 3 is 2.91 bits per heavy atom. The molecule has 1 aromatic heterocycles. The molecule has 0 aliphatic rings. The first-order valence-corrected chi connectivity index (χ1v) is 4.39. The molecule has 1 rings (SSSR count). The zero-order chi connectivity index (χ0) is 8.27. The van der Waals surface area contributed by atoms with Gasteiger partial charge in [-0.1, -0.05) is 13.8 Å². The van der Waals surface area contributed by atoms with E-state index in [0.29, 0.717) is 12.5 Å². The summed E-state index contributed by atoms with van der Waals surface area (Å²) in [5.74, 6) is 0.478.